The van der Waals surface area contributed by atoms with Crippen LogP contribution in [0.25, 0.3) is 0 Å². The highest BCUT2D eigenvalue weighted by atomic mass is 16.4. The Hall–Kier alpha value is -1.55. The first-order valence-corrected chi connectivity index (χ1v) is 4.26. The highest BCUT2D eigenvalue weighted by Crippen LogP contribution is 2.28. The zero-order valence-corrected chi connectivity index (χ0v) is 8.11. The lowest BCUT2D eigenvalue weighted by Gasteiger charge is -2.11. The van der Waals surface area contributed by atoms with Gasteiger partial charge in [-0.05, 0) is 25.5 Å². The van der Waals surface area contributed by atoms with Gasteiger partial charge in [0.05, 0.1) is 0 Å². The van der Waals surface area contributed by atoms with Crippen molar-refractivity contribution < 1.29 is 15.0 Å². The number of aromatic hydroxyl groups is 1. The SMILES string of the molecule is Cc1cc(C(=O)O)c(O)c([C@@H](C)N)c1. The quantitative estimate of drug-likeness (QED) is 0.666. The van der Waals surface area contributed by atoms with Gasteiger partial charge in [0.1, 0.15) is 11.3 Å². The van der Waals surface area contributed by atoms with E-state index in [1.54, 1.807) is 19.9 Å². The monoisotopic (exact) mass is 195 g/mol. The Morgan fingerprint density at radius 3 is 2.50 bits per heavy atom. The Labute approximate surface area is 82.0 Å². The number of aryl methyl sites for hydroxylation is 1. The topological polar surface area (TPSA) is 83.5 Å². The minimum atomic E-state index is -1.15. The third-order valence-corrected chi connectivity index (χ3v) is 2.00. The molecule has 1 aromatic rings. The number of nitrogens with two attached hydrogens (primary N) is 1. The summed E-state index contributed by atoms with van der Waals surface area (Å²) in [5.41, 5.74) is 6.73. The molecule has 0 aliphatic carbocycles. The second-order valence-electron chi connectivity index (χ2n) is 3.34. The molecule has 4 heteroatoms. The fourth-order valence-electron chi connectivity index (χ4n) is 1.32. The van der Waals surface area contributed by atoms with Crippen molar-refractivity contribution in [3.05, 3.63) is 28.8 Å². The molecular formula is C10H13NO3. The zero-order valence-electron chi connectivity index (χ0n) is 8.11. The zero-order chi connectivity index (χ0) is 10.9. The van der Waals surface area contributed by atoms with E-state index in [9.17, 15) is 9.90 Å². The molecular weight excluding hydrogens is 182 g/mol. The lowest BCUT2D eigenvalue weighted by Crippen LogP contribution is -2.08. The van der Waals surface area contributed by atoms with Crippen LogP contribution in [0, 0.1) is 6.92 Å². The molecule has 0 aliphatic rings. The summed E-state index contributed by atoms with van der Waals surface area (Å²) in [7, 11) is 0. The summed E-state index contributed by atoms with van der Waals surface area (Å²) < 4.78 is 0. The number of hydrogen-bond donors (Lipinski definition) is 3. The lowest BCUT2D eigenvalue weighted by molar-refractivity contribution is 0.0693. The molecule has 0 amide bonds. The largest absolute Gasteiger partial charge is 0.507 e. The van der Waals surface area contributed by atoms with Crippen LogP contribution in [0.4, 0.5) is 0 Å². The summed E-state index contributed by atoms with van der Waals surface area (Å²) in [6.45, 7) is 3.46. The lowest BCUT2D eigenvalue weighted by atomic mass is 10.0. The van der Waals surface area contributed by atoms with E-state index in [1.165, 1.54) is 6.07 Å². The molecule has 0 saturated carbocycles. The van der Waals surface area contributed by atoms with Gasteiger partial charge in [-0.1, -0.05) is 6.07 Å². The van der Waals surface area contributed by atoms with Gasteiger partial charge in [-0.25, -0.2) is 4.79 Å². The summed E-state index contributed by atoms with van der Waals surface area (Å²) in [5, 5.41) is 18.4. The van der Waals surface area contributed by atoms with Crippen molar-refractivity contribution in [3.8, 4) is 5.75 Å². The van der Waals surface area contributed by atoms with Gasteiger partial charge in [-0.2, -0.15) is 0 Å². The van der Waals surface area contributed by atoms with E-state index in [2.05, 4.69) is 0 Å². The van der Waals surface area contributed by atoms with Gasteiger partial charge in [0.25, 0.3) is 0 Å². The molecule has 14 heavy (non-hydrogen) atoms. The van der Waals surface area contributed by atoms with Crippen LogP contribution in [0.5, 0.6) is 5.75 Å². The molecule has 0 aliphatic heterocycles. The predicted octanol–water partition coefficient (Wildman–Crippen LogP) is 1.42. The number of aromatic carboxylic acids is 1. The Morgan fingerprint density at radius 2 is 2.07 bits per heavy atom. The molecule has 0 fully saturated rings. The summed E-state index contributed by atoms with van der Waals surface area (Å²) in [5.74, 6) is -1.38. The number of rotatable bonds is 2. The molecule has 0 heterocycles. The van der Waals surface area contributed by atoms with Crippen molar-refractivity contribution in [2.24, 2.45) is 5.73 Å². The number of carboxylic acids is 1. The second-order valence-corrected chi connectivity index (χ2v) is 3.34. The highest BCUT2D eigenvalue weighted by Gasteiger charge is 2.16. The Balaban J connectivity index is 3.40. The average Bonchev–Trinajstić information content (AvgIpc) is 2.07. The standard InChI is InChI=1S/C10H13NO3/c1-5-3-7(6(2)11)9(12)8(4-5)10(13)14/h3-4,6,12H,11H2,1-2H3,(H,13,14)/t6-/m1/s1. The van der Waals surface area contributed by atoms with E-state index in [0.29, 0.717) is 5.56 Å². The van der Waals surface area contributed by atoms with Crippen LogP contribution < -0.4 is 5.73 Å². The van der Waals surface area contributed by atoms with Gasteiger partial charge in [0.15, 0.2) is 0 Å². The first-order valence-electron chi connectivity index (χ1n) is 4.26. The van der Waals surface area contributed by atoms with Crippen molar-refractivity contribution in [1.82, 2.24) is 0 Å². The van der Waals surface area contributed by atoms with Crippen LogP contribution >= 0.6 is 0 Å². The van der Waals surface area contributed by atoms with E-state index >= 15 is 0 Å². The van der Waals surface area contributed by atoms with E-state index in [1.807, 2.05) is 0 Å². The number of hydrogen-bond acceptors (Lipinski definition) is 3. The summed E-state index contributed by atoms with van der Waals surface area (Å²) in [4.78, 5) is 10.7. The van der Waals surface area contributed by atoms with Gasteiger partial charge >= 0.3 is 5.97 Å². The molecule has 1 atom stereocenters. The molecule has 0 bridgehead atoms. The van der Waals surface area contributed by atoms with E-state index in [-0.39, 0.29) is 17.4 Å². The fraction of sp³-hybridized carbons (Fsp3) is 0.300. The van der Waals surface area contributed by atoms with Crippen molar-refractivity contribution in [1.29, 1.82) is 0 Å². The van der Waals surface area contributed by atoms with Gasteiger partial charge in [0, 0.05) is 11.6 Å². The van der Waals surface area contributed by atoms with Gasteiger partial charge in [-0.15, -0.1) is 0 Å². The van der Waals surface area contributed by atoms with E-state index in [4.69, 9.17) is 10.8 Å². The van der Waals surface area contributed by atoms with Gasteiger partial charge in [-0.3, -0.25) is 0 Å². The number of carbonyl (C=O) groups is 1. The Bertz CT molecular complexity index is 372. The second kappa shape index (κ2) is 3.67. The van der Waals surface area contributed by atoms with Crippen molar-refractivity contribution in [3.63, 3.8) is 0 Å². The Kier molecular flexibility index (Phi) is 2.76. The highest BCUT2D eigenvalue weighted by molar-refractivity contribution is 5.91. The summed E-state index contributed by atoms with van der Waals surface area (Å²) in [6, 6.07) is 2.73. The molecule has 0 saturated heterocycles. The van der Waals surface area contributed by atoms with Gasteiger partial charge < -0.3 is 15.9 Å². The molecule has 1 aromatic carbocycles. The number of carboxylic acid groups (broad SMARTS) is 1. The molecule has 4 nitrogen and oxygen atoms in total. The van der Waals surface area contributed by atoms with Gasteiger partial charge in [0.2, 0.25) is 0 Å². The predicted molar refractivity (Wildman–Crippen MR) is 52.4 cm³/mol. The molecule has 0 spiro atoms. The Morgan fingerprint density at radius 1 is 1.50 bits per heavy atom. The maximum absolute atomic E-state index is 10.7. The minimum Gasteiger partial charge on any atom is -0.507 e. The number of benzene rings is 1. The first-order chi connectivity index (χ1) is 6.43. The first kappa shape index (κ1) is 10.5. The maximum atomic E-state index is 10.7. The molecule has 4 N–H and O–H groups in total. The molecule has 0 radical (unpaired) electrons. The summed E-state index contributed by atoms with van der Waals surface area (Å²) in [6.07, 6.45) is 0. The maximum Gasteiger partial charge on any atom is 0.339 e. The average molecular weight is 195 g/mol. The van der Waals surface area contributed by atoms with Crippen molar-refractivity contribution >= 4 is 5.97 Å². The van der Waals surface area contributed by atoms with Crippen LogP contribution in [0.2, 0.25) is 0 Å². The third kappa shape index (κ3) is 1.85. The van der Waals surface area contributed by atoms with Crippen LogP contribution in [-0.4, -0.2) is 16.2 Å². The van der Waals surface area contributed by atoms with Crippen LogP contribution in [0.15, 0.2) is 12.1 Å². The van der Waals surface area contributed by atoms with Crippen molar-refractivity contribution in [2.45, 2.75) is 19.9 Å². The van der Waals surface area contributed by atoms with Crippen LogP contribution in [-0.2, 0) is 0 Å². The molecule has 0 unspecified atom stereocenters. The molecule has 0 aromatic heterocycles. The molecule has 76 valence electrons. The van der Waals surface area contributed by atoms with Crippen molar-refractivity contribution in [2.75, 3.05) is 0 Å². The fourth-order valence-corrected chi connectivity index (χ4v) is 1.32. The summed E-state index contributed by atoms with van der Waals surface area (Å²) >= 11 is 0. The smallest absolute Gasteiger partial charge is 0.339 e. The minimum absolute atomic E-state index is 0.0997. The number of phenols is 1. The third-order valence-electron chi connectivity index (χ3n) is 2.00. The van der Waals surface area contributed by atoms with Crippen LogP contribution in [0.3, 0.4) is 0 Å². The normalized spacial score (nSPS) is 12.5. The van der Waals surface area contributed by atoms with Crippen LogP contribution in [0.1, 0.15) is 34.5 Å². The molecule has 1 rings (SSSR count). The van der Waals surface area contributed by atoms with E-state index < -0.39 is 5.97 Å². The van der Waals surface area contributed by atoms with E-state index in [0.717, 1.165) is 5.56 Å².